The molecule has 1 aliphatic rings. The fourth-order valence-electron chi connectivity index (χ4n) is 4.34. The second-order valence-corrected chi connectivity index (χ2v) is 8.65. The van der Waals surface area contributed by atoms with Gasteiger partial charge in [0.05, 0.1) is 19.2 Å². The summed E-state index contributed by atoms with van der Waals surface area (Å²) >= 11 is 5.77. The number of nitrogens with one attached hydrogen (secondary N) is 2. The summed E-state index contributed by atoms with van der Waals surface area (Å²) in [6.45, 7) is 0.406. The zero-order valence-corrected chi connectivity index (χ0v) is 19.9. The summed E-state index contributed by atoms with van der Waals surface area (Å²) < 4.78 is 5.48. The van der Waals surface area contributed by atoms with Crippen LogP contribution in [0.1, 0.15) is 12.0 Å². The minimum Gasteiger partial charge on any atom is -0.495 e. The van der Waals surface area contributed by atoms with Gasteiger partial charge in [-0.25, -0.2) is 0 Å². The monoisotopic (exact) mass is 484 g/mol. The van der Waals surface area contributed by atoms with Crippen molar-refractivity contribution in [1.82, 2.24) is 9.88 Å². The molecular weight excluding hydrogens is 460 g/mol. The molecule has 0 saturated carbocycles. The van der Waals surface area contributed by atoms with Crippen molar-refractivity contribution in [2.45, 2.75) is 19.0 Å². The molecule has 1 aromatic heterocycles. The summed E-state index contributed by atoms with van der Waals surface area (Å²) in [5, 5.41) is 4.32. The molecule has 5 rings (SSSR count). The number of hydrogen-bond donors (Lipinski definition) is 2. The van der Waals surface area contributed by atoms with E-state index in [2.05, 4.69) is 10.3 Å². The smallest absolute Gasteiger partial charge is 0.256 e. The van der Waals surface area contributed by atoms with Crippen LogP contribution in [0, 0.1) is 0 Å². The highest BCUT2D eigenvalue weighted by molar-refractivity contribution is 7.80. The predicted octanol–water partition coefficient (Wildman–Crippen LogP) is 4.71. The third-order valence-corrected chi connectivity index (χ3v) is 6.48. The molecule has 1 saturated heterocycles. The Morgan fingerprint density at radius 1 is 1.06 bits per heavy atom. The average molecular weight is 485 g/mol. The van der Waals surface area contributed by atoms with Crippen molar-refractivity contribution in [3.05, 3.63) is 90.6 Å². The Morgan fingerprint density at radius 3 is 2.63 bits per heavy atom. The van der Waals surface area contributed by atoms with Crippen LogP contribution < -0.4 is 15.0 Å². The van der Waals surface area contributed by atoms with Gasteiger partial charge in [0.2, 0.25) is 5.91 Å². The number of H-pyrrole nitrogens is 1. The largest absolute Gasteiger partial charge is 0.495 e. The van der Waals surface area contributed by atoms with Gasteiger partial charge in [-0.2, -0.15) is 0 Å². The number of nitrogens with zero attached hydrogens (tertiary/aromatic N) is 2. The molecule has 2 N–H and O–H groups in total. The molecule has 3 aromatic carbocycles. The Bertz CT molecular complexity index is 1400. The number of carbonyl (C=O) groups is 2. The topological polar surface area (TPSA) is 77.7 Å². The highest BCUT2D eigenvalue weighted by Crippen LogP contribution is 2.34. The van der Waals surface area contributed by atoms with Crippen molar-refractivity contribution in [1.29, 1.82) is 0 Å². The summed E-state index contributed by atoms with van der Waals surface area (Å²) in [5.41, 5.74) is 3.14. The maximum Gasteiger partial charge on any atom is 0.256 e. The zero-order valence-electron chi connectivity index (χ0n) is 19.1. The first kappa shape index (κ1) is 22.6. The van der Waals surface area contributed by atoms with E-state index < -0.39 is 6.04 Å². The van der Waals surface area contributed by atoms with E-state index in [-0.39, 0.29) is 18.2 Å². The Hall–Kier alpha value is -4.17. The molecule has 1 atom stereocenters. The Balaban J connectivity index is 1.42. The van der Waals surface area contributed by atoms with Crippen LogP contribution in [-0.4, -0.2) is 40.0 Å². The molecule has 4 aromatic rings. The van der Waals surface area contributed by atoms with Gasteiger partial charge in [0.1, 0.15) is 11.8 Å². The lowest BCUT2D eigenvalue weighted by molar-refractivity contribution is -0.124. The first-order valence-electron chi connectivity index (χ1n) is 11.2. The SMILES string of the molecule is COc1ccccc1N1C(=O)C(CC(=O)Nc2ccc3cc[nH]c3c2)N(Cc2ccccc2)C1=S. The lowest BCUT2D eigenvalue weighted by Crippen LogP contribution is -2.37. The van der Waals surface area contributed by atoms with Gasteiger partial charge in [-0.05, 0) is 53.5 Å². The molecule has 2 heterocycles. The Kier molecular flexibility index (Phi) is 6.20. The van der Waals surface area contributed by atoms with Crippen molar-refractivity contribution in [3.8, 4) is 5.75 Å². The van der Waals surface area contributed by atoms with Crippen molar-refractivity contribution in [2.24, 2.45) is 0 Å². The van der Waals surface area contributed by atoms with E-state index >= 15 is 0 Å². The molecule has 176 valence electrons. The maximum absolute atomic E-state index is 13.7. The van der Waals surface area contributed by atoms with Crippen LogP contribution in [0.25, 0.3) is 10.9 Å². The van der Waals surface area contributed by atoms with Gasteiger partial charge in [0, 0.05) is 23.9 Å². The summed E-state index contributed by atoms with van der Waals surface area (Å²) in [4.78, 5) is 33.2. The highest BCUT2D eigenvalue weighted by Gasteiger charge is 2.45. The number of anilines is 2. The number of amides is 2. The predicted molar refractivity (Wildman–Crippen MR) is 140 cm³/mol. The molecular formula is C27H24N4O3S. The number of benzene rings is 3. The van der Waals surface area contributed by atoms with E-state index in [1.54, 1.807) is 19.2 Å². The normalized spacial score (nSPS) is 15.6. The average Bonchev–Trinajstić information content (AvgIpc) is 3.42. The fourth-order valence-corrected chi connectivity index (χ4v) is 4.72. The second kappa shape index (κ2) is 9.60. The number of aromatic nitrogens is 1. The summed E-state index contributed by atoms with van der Waals surface area (Å²) in [7, 11) is 1.55. The van der Waals surface area contributed by atoms with Crippen molar-refractivity contribution >= 4 is 51.4 Å². The van der Waals surface area contributed by atoms with Crippen LogP contribution in [0.4, 0.5) is 11.4 Å². The third kappa shape index (κ3) is 4.48. The highest BCUT2D eigenvalue weighted by atomic mass is 32.1. The van der Waals surface area contributed by atoms with E-state index in [0.717, 1.165) is 16.5 Å². The summed E-state index contributed by atoms with van der Waals surface area (Å²) in [6, 6.07) is 23.9. The number of aromatic amines is 1. The molecule has 1 aliphatic heterocycles. The Labute approximate surface area is 208 Å². The van der Waals surface area contributed by atoms with Crippen LogP contribution in [0.15, 0.2) is 85.1 Å². The zero-order chi connectivity index (χ0) is 24.4. The van der Waals surface area contributed by atoms with Crippen molar-refractivity contribution < 1.29 is 14.3 Å². The number of rotatable bonds is 7. The van der Waals surface area contributed by atoms with Gasteiger partial charge in [-0.3, -0.25) is 14.5 Å². The third-order valence-electron chi connectivity index (χ3n) is 6.06. The number of hydrogen-bond acceptors (Lipinski definition) is 4. The van der Waals surface area contributed by atoms with Gasteiger partial charge in [0.25, 0.3) is 5.91 Å². The van der Waals surface area contributed by atoms with Gasteiger partial charge in [-0.1, -0.05) is 48.5 Å². The molecule has 0 radical (unpaired) electrons. The van der Waals surface area contributed by atoms with Gasteiger partial charge in [-0.15, -0.1) is 0 Å². The van der Waals surface area contributed by atoms with Crippen LogP contribution in [0.3, 0.4) is 0 Å². The lowest BCUT2D eigenvalue weighted by atomic mass is 10.1. The molecule has 0 spiro atoms. The second-order valence-electron chi connectivity index (χ2n) is 8.29. The molecule has 2 amide bonds. The van der Waals surface area contributed by atoms with Crippen molar-refractivity contribution in [3.63, 3.8) is 0 Å². The van der Waals surface area contributed by atoms with Crippen molar-refractivity contribution in [2.75, 3.05) is 17.3 Å². The number of ether oxygens (including phenoxy) is 1. The number of thiocarbonyl (C=S) groups is 1. The number of carbonyl (C=O) groups excluding carboxylic acids is 2. The first-order chi connectivity index (χ1) is 17.0. The van der Waals surface area contributed by atoms with Gasteiger partial charge >= 0.3 is 0 Å². The van der Waals surface area contributed by atoms with Gasteiger partial charge in [0.15, 0.2) is 5.11 Å². The van der Waals surface area contributed by atoms with E-state index in [4.69, 9.17) is 17.0 Å². The molecule has 1 fully saturated rings. The fraction of sp³-hybridized carbons (Fsp3) is 0.148. The number of para-hydroxylation sites is 2. The van der Waals surface area contributed by atoms with Crippen LogP contribution in [0.5, 0.6) is 5.75 Å². The molecule has 35 heavy (non-hydrogen) atoms. The van der Waals surface area contributed by atoms with Crippen LogP contribution in [0.2, 0.25) is 0 Å². The maximum atomic E-state index is 13.7. The number of fused-ring (bicyclic) bond motifs is 1. The minimum absolute atomic E-state index is 0.0414. The summed E-state index contributed by atoms with van der Waals surface area (Å²) in [5.74, 6) is 0.00890. The van der Waals surface area contributed by atoms with E-state index in [9.17, 15) is 9.59 Å². The molecule has 7 nitrogen and oxygen atoms in total. The van der Waals surface area contributed by atoms with E-state index in [0.29, 0.717) is 28.8 Å². The molecule has 8 heteroatoms. The first-order valence-corrected chi connectivity index (χ1v) is 11.6. The quantitative estimate of drug-likeness (QED) is 0.372. The van der Waals surface area contributed by atoms with Crippen LogP contribution >= 0.6 is 12.2 Å². The van der Waals surface area contributed by atoms with E-state index in [1.165, 1.54) is 4.90 Å². The molecule has 0 aliphatic carbocycles. The molecule has 0 bridgehead atoms. The Morgan fingerprint density at radius 2 is 1.83 bits per heavy atom. The van der Waals surface area contributed by atoms with Crippen LogP contribution in [-0.2, 0) is 16.1 Å². The summed E-state index contributed by atoms with van der Waals surface area (Å²) in [6.07, 6.45) is 1.81. The number of methoxy groups -OCH3 is 1. The minimum atomic E-state index is -0.748. The molecule has 1 unspecified atom stereocenters. The standard InChI is InChI=1S/C27H24N4O3S/c1-34-24-10-6-5-9-22(24)31-26(33)23(30(27(31)35)17-18-7-3-2-4-8-18)16-25(32)29-20-12-11-19-13-14-28-21(19)15-20/h2-15,23,28H,16-17H2,1H3,(H,29,32). The van der Waals surface area contributed by atoms with E-state index in [1.807, 2.05) is 77.8 Å². The lowest BCUT2D eigenvalue weighted by Gasteiger charge is -2.24. The van der Waals surface area contributed by atoms with Gasteiger partial charge < -0.3 is 19.9 Å².